The van der Waals surface area contributed by atoms with Gasteiger partial charge in [-0.15, -0.1) is 0 Å². The lowest BCUT2D eigenvalue weighted by molar-refractivity contribution is -0.0228. The third kappa shape index (κ3) is 3.70. The molecule has 0 spiro atoms. The largest absolute Gasteiger partial charge is 0.370 e. The average molecular weight is 378 g/mol. The van der Waals surface area contributed by atoms with Crippen molar-refractivity contribution in [2.75, 3.05) is 25.4 Å². The molecule has 3 aromatic rings. The van der Waals surface area contributed by atoms with Crippen LogP contribution in [0.4, 0.5) is 10.3 Å². The molecule has 28 heavy (non-hydrogen) atoms. The predicted octanol–water partition coefficient (Wildman–Crippen LogP) is 3.08. The van der Waals surface area contributed by atoms with Crippen molar-refractivity contribution in [3.8, 4) is 11.3 Å². The van der Waals surface area contributed by atoms with Crippen LogP contribution in [-0.4, -0.2) is 40.5 Å². The van der Waals surface area contributed by atoms with E-state index in [1.54, 1.807) is 17.0 Å². The van der Waals surface area contributed by atoms with Gasteiger partial charge >= 0.3 is 0 Å². The molecule has 4 rings (SSSR count). The zero-order valence-electron chi connectivity index (χ0n) is 15.1. The number of hydrogen-bond acceptors (Lipinski definition) is 5. The van der Waals surface area contributed by atoms with Gasteiger partial charge in [0.25, 0.3) is 5.91 Å². The Hall–Kier alpha value is -3.32. The van der Waals surface area contributed by atoms with E-state index in [0.29, 0.717) is 31.0 Å². The monoisotopic (exact) mass is 378 g/mol. The lowest BCUT2D eigenvalue weighted by Crippen LogP contribution is -2.42. The molecule has 0 saturated carbocycles. The maximum atomic E-state index is 13.2. The van der Waals surface area contributed by atoms with Crippen molar-refractivity contribution in [2.45, 2.75) is 6.10 Å². The molecule has 7 heteroatoms. The molecule has 0 aliphatic carbocycles. The number of nitrogens with zero attached hydrogens (tertiary/aromatic N) is 3. The Bertz CT molecular complexity index is 979. The first-order valence-corrected chi connectivity index (χ1v) is 8.96. The zero-order chi connectivity index (χ0) is 19.5. The number of hydrogen-bond donors (Lipinski definition) is 1. The number of aromatic nitrogens is 2. The number of rotatable bonds is 3. The van der Waals surface area contributed by atoms with E-state index >= 15 is 0 Å². The fourth-order valence-corrected chi connectivity index (χ4v) is 3.25. The van der Waals surface area contributed by atoms with Gasteiger partial charge in [0.15, 0.2) is 0 Å². The summed E-state index contributed by atoms with van der Waals surface area (Å²) in [5, 5.41) is 0. The highest BCUT2D eigenvalue weighted by Crippen LogP contribution is 2.27. The van der Waals surface area contributed by atoms with Gasteiger partial charge in [-0.25, -0.2) is 14.4 Å². The Morgan fingerprint density at radius 2 is 1.89 bits per heavy atom. The number of benzene rings is 2. The summed E-state index contributed by atoms with van der Waals surface area (Å²) in [5.41, 5.74) is 8.27. The standard InChI is InChI=1S/C21H19FN4O2/c22-16-8-6-14(7-9-16)18-13-26(10-11-28-18)20(27)17-12-24-21(23)25-19(17)15-4-2-1-3-5-15/h1-9,12,18H,10-11,13H2,(H2,23,24,25). The van der Waals surface area contributed by atoms with Crippen molar-refractivity contribution in [3.63, 3.8) is 0 Å². The number of carbonyl (C=O) groups excluding carboxylic acids is 1. The van der Waals surface area contributed by atoms with Crippen LogP contribution >= 0.6 is 0 Å². The summed E-state index contributed by atoms with van der Waals surface area (Å²) >= 11 is 0. The molecule has 1 unspecified atom stereocenters. The second kappa shape index (κ2) is 7.74. The molecule has 2 N–H and O–H groups in total. The second-order valence-corrected chi connectivity index (χ2v) is 6.52. The number of anilines is 1. The molecule has 0 radical (unpaired) electrons. The molecule has 0 bridgehead atoms. The van der Waals surface area contributed by atoms with Crippen molar-refractivity contribution in [1.82, 2.24) is 14.9 Å². The lowest BCUT2D eigenvalue weighted by Gasteiger charge is -2.33. The summed E-state index contributed by atoms with van der Waals surface area (Å²) in [6.07, 6.45) is 1.16. The minimum Gasteiger partial charge on any atom is -0.370 e. The van der Waals surface area contributed by atoms with Crippen LogP contribution in [0.25, 0.3) is 11.3 Å². The fourth-order valence-electron chi connectivity index (χ4n) is 3.25. The minimum absolute atomic E-state index is 0.113. The maximum absolute atomic E-state index is 13.2. The molecule has 142 valence electrons. The Labute approximate surface area is 161 Å². The first-order valence-electron chi connectivity index (χ1n) is 8.96. The first kappa shape index (κ1) is 18.1. The van der Waals surface area contributed by atoms with E-state index in [2.05, 4.69) is 9.97 Å². The van der Waals surface area contributed by atoms with Crippen LogP contribution in [0.1, 0.15) is 22.0 Å². The van der Waals surface area contributed by atoms with Crippen LogP contribution in [0.2, 0.25) is 0 Å². The van der Waals surface area contributed by atoms with Crippen molar-refractivity contribution in [1.29, 1.82) is 0 Å². The SMILES string of the molecule is Nc1ncc(C(=O)N2CCOC(c3ccc(F)cc3)C2)c(-c2ccccc2)n1. The molecule has 1 aliphatic rings. The van der Waals surface area contributed by atoms with E-state index in [1.165, 1.54) is 18.3 Å². The fraction of sp³-hybridized carbons (Fsp3) is 0.190. The van der Waals surface area contributed by atoms with Gasteiger partial charge in [0.1, 0.15) is 11.9 Å². The molecule has 1 aliphatic heterocycles. The van der Waals surface area contributed by atoms with Crippen LogP contribution in [0.15, 0.2) is 60.8 Å². The second-order valence-electron chi connectivity index (χ2n) is 6.52. The molecule has 1 fully saturated rings. The summed E-state index contributed by atoms with van der Waals surface area (Å²) < 4.78 is 19.0. The topological polar surface area (TPSA) is 81.3 Å². The Balaban J connectivity index is 1.62. The maximum Gasteiger partial charge on any atom is 0.257 e. The molecular weight excluding hydrogens is 359 g/mol. The summed E-state index contributed by atoms with van der Waals surface area (Å²) in [4.78, 5) is 23.2. The summed E-state index contributed by atoms with van der Waals surface area (Å²) in [7, 11) is 0. The van der Waals surface area contributed by atoms with Crippen LogP contribution in [-0.2, 0) is 4.74 Å². The highest BCUT2D eigenvalue weighted by molar-refractivity contribution is 5.99. The van der Waals surface area contributed by atoms with E-state index in [-0.39, 0.29) is 23.8 Å². The van der Waals surface area contributed by atoms with E-state index in [0.717, 1.165) is 11.1 Å². The third-order valence-electron chi connectivity index (χ3n) is 4.68. The normalized spacial score (nSPS) is 16.8. The average Bonchev–Trinajstić information content (AvgIpc) is 2.74. The number of nitrogen functional groups attached to an aromatic ring is 1. The summed E-state index contributed by atoms with van der Waals surface area (Å²) in [5.74, 6) is -0.380. The lowest BCUT2D eigenvalue weighted by atomic mass is 10.0. The third-order valence-corrected chi connectivity index (χ3v) is 4.68. The number of carbonyl (C=O) groups is 1. The number of halogens is 1. The van der Waals surface area contributed by atoms with Crippen LogP contribution in [0.5, 0.6) is 0 Å². The highest BCUT2D eigenvalue weighted by Gasteiger charge is 2.28. The van der Waals surface area contributed by atoms with Gasteiger partial charge in [-0.3, -0.25) is 4.79 Å². The quantitative estimate of drug-likeness (QED) is 0.757. The molecule has 1 amide bonds. The Morgan fingerprint density at radius 3 is 2.64 bits per heavy atom. The Kier molecular flexibility index (Phi) is 4.99. The van der Waals surface area contributed by atoms with Crippen molar-refractivity contribution >= 4 is 11.9 Å². The van der Waals surface area contributed by atoms with E-state index in [9.17, 15) is 9.18 Å². The van der Waals surface area contributed by atoms with Gasteiger partial charge in [-0.05, 0) is 17.7 Å². The molecular formula is C21H19FN4O2. The number of morpholine rings is 1. The molecule has 6 nitrogen and oxygen atoms in total. The van der Waals surface area contributed by atoms with Crippen LogP contribution < -0.4 is 5.73 Å². The minimum atomic E-state index is -0.312. The van der Waals surface area contributed by atoms with Crippen LogP contribution in [0.3, 0.4) is 0 Å². The molecule has 2 aromatic carbocycles. The molecule has 1 aromatic heterocycles. The van der Waals surface area contributed by atoms with Crippen molar-refractivity contribution in [2.24, 2.45) is 0 Å². The summed E-state index contributed by atoms with van der Waals surface area (Å²) in [6, 6.07) is 15.5. The Morgan fingerprint density at radius 1 is 1.14 bits per heavy atom. The number of nitrogens with two attached hydrogens (primary N) is 1. The number of ether oxygens (including phenoxy) is 1. The molecule has 1 atom stereocenters. The van der Waals surface area contributed by atoms with Gasteiger partial charge < -0.3 is 15.4 Å². The molecule has 2 heterocycles. The van der Waals surface area contributed by atoms with Crippen molar-refractivity contribution < 1.29 is 13.9 Å². The van der Waals surface area contributed by atoms with E-state index in [4.69, 9.17) is 10.5 Å². The van der Waals surface area contributed by atoms with Gasteiger partial charge in [0.05, 0.1) is 24.4 Å². The van der Waals surface area contributed by atoms with Gasteiger partial charge in [-0.1, -0.05) is 42.5 Å². The van der Waals surface area contributed by atoms with Gasteiger partial charge in [0, 0.05) is 18.3 Å². The zero-order valence-corrected chi connectivity index (χ0v) is 15.1. The number of amides is 1. The van der Waals surface area contributed by atoms with Crippen LogP contribution in [0, 0.1) is 5.82 Å². The first-order chi connectivity index (χ1) is 13.6. The molecule has 1 saturated heterocycles. The van der Waals surface area contributed by atoms with Gasteiger partial charge in [0.2, 0.25) is 5.95 Å². The summed E-state index contributed by atoms with van der Waals surface area (Å²) in [6.45, 7) is 1.21. The predicted molar refractivity (Wildman–Crippen MR) is 103 cm³/mol. The van der Waals surface area contributed by atoms with Crippen molar-refractivity contribution in [3.05, 3.63) is 77.7 Å². The highest BCUT2D eigenvalue weighted by atomic mass is 19.1. The van der Waals surface area contributed by atoms with E-state index < -0.39 is 0 Å². The smallest absolute Gasteiger partial charge is 0.257 e. The van der Waals surface area contributed by atoms with Gasteiger partial charge in [-0.2, -0.15) is 0 Å². The van der Waals surface area contributed by atoms with E-state index in [1.807, 2.05) is 30.3 Å².